The van der Waals surface area contributed by atoms with E-state index in [1.165, 1.54) is 12.1 Å². The molecule has 0 aliphatic carbocycles. The Labute approximate surface area is 136 Å². The lowest BCUT2D eigenvalue weighted by Gasteiger charge is -2.07. The van der Waals surface area contributed by atoms with Gasteiger partial charge in [0.1, 0.15) is 0 Å². The van der Waals surface area contributed by atoms with Gasteiger partial charge in [0.15, 0.2) is 0 Å². The number of rotatable bonds is 12. The fourth-order valence-corrected chi connectivity index (χ4v) is 2.48. The lowest BCUT2D eigenvalue weighted by molar-refractivity contribution is -0.144. The smallest absolute Gasteiger partial charge is 0.308 e. The predicted molar refractivity (Wildman–Crippen MR) is 82.5 cm³/mol. The highest BCUT2D eigenvalue weighted by Gasteiger charge is 2.13. The van der Waals surface area contributed by atoms with Crippen LogP contribution in [0, 0.1) is 0 Å². The summed E-state index contributed by atoms with van der Waals surface area (Å²) in [5.41, 5.74) is 0. The molecule has 1 aromatic carbocycles. The Kier molecular flexibility index (Phi) is 9.46. The first-order valence-electron chi connectivity index (χ1n) is 7.32. The van der Waals surface area contributed by atoms with Crippen molar-refractivity contribution in [2.45, 2.75) is 18.2 Å². The Morgan fingerprint density at radius 2 is 1.57 bits per heavy atom. The van der Waals surface area contributed by atoms with E-state index in [2.05, 4.69) is 0 Å². The number of hydrogen-bond acceptors (Lipinski definition) is 7. The summed E-state index contributed by atoms with van der Waals surface area (Å²) >= 11 is 0. The largest absolute Gasteiger partial charge is 0.466 e. The van der Waals surface area contributed by atoms with Crippen molar-refractivity contribution < 1.29 is 31.6 Å². The maximum absolute atomic E-state index is 11.8. The maximum atomic E-state index is 11.8. The highest BCUT2D eigenvalue weighted by molar-refractivity contribution is 7.86. The Morgan fingerprint density at radius 1 is 0.957 bits per heavy atom. The number of esters is 1. The SMILES string of the molecule is CCOC(=O)CCOCCOCCOS(=O)(=O)c1ccccc1. The molecule has 0 bridgehead atoms. The molecule has 0 saturated carbocycles. The highest BCUT2D eigenvalue weighted by atomic mass is 32.2. The van der Waals surface area contributed by atoms with Gasteiger partial charge in [0.2, 0.25) is 0 Å². The third kappa shape index (κ3) is 8.65. The molecule has 0 atom stereocenters. The molecule has 7 nitrogen and oxygen atoms in total. The zero-order chi connectivity index (χ0) is 17.0. The average molecular weight is 346 g/mol. The molecule has 0 unspecified atom stereocenters. The predicted octanol–water partition coefficient (Wildman–Crippen LogP) is 1.38. The number of carbonyl (C=O) groups is 1. The van der Waals surface area contributed by atoms with Crippen LogP contribution < -0.4 is 0 Å². The van der Waals surface area contributed by atoms with Gasteiger partial charge in [-0.2, -0.15) is 8.42 Å². The molecule has 130 valence electrons. The van der Waals surface area contributed by atoms with Crippen LogP contribution in [0.4, 0.5) is 0 Å². The van der Waals surface area contributed by atoms with Crippen molar-refractivity contribution in [3.8, 4) is 0 Å². The van der Waals surface area contributed by atoms with E-state index in [1.54, 1.807) is 25.1 Å². The minimum atomic E-state index is -3.74. The molecular weight excluding hydrogens is 324 g/mol. The molecule has 8 heteroatoms. The second kappa shape index (κ2) is 11.1. The standard InChI is InChI=1S/C15H22O7S/c1-2-21-15(16)8-9-19-10-11-20-12-13-22-23(17,18)14-6-4-3-5-7-14/h3-7H,2,8-13H2,1H3. The molecule has 0 spiro atoms. The van der Waals surface area contributed by atoms with Gasteiger partial charge in [0.05, 0.1) is 51.0 Å². The second-order valence-corrected chi connectivity index (χ2v) is 5.98. The van der Waals surface area contributed by atoms with E-state index in [-0.39, 0.29) is 43.7 Å². The molecule has 0 aromatic heterocycles. The van der Waals surface area contributed by atoms with Crippen LogP contribution in [-0.2, 0) is 33.3 Å². The van der Waals surface area contributed by atoms with Crippen LogP contribution >= 0.6 is 0 Å². The summed E-state index contributed by atoms with van der Waals surface area (Å²) in [6, 6.07) is 7.91. The third-order valence-corrected chi connectivity index (χ3v) is 3.95. The molecule has 0 aliphatic heterocycles. The first kappa shape index (κ1) is 19.6. The summed E-state index contributed by atoms with van der Waals surface area (Å²) in [7, 11) is -3.74. The van der Waals surface area contributed by atoms with Crippen LogP contribution in [0.2, 0.25) is 0 Å². The summed E-state index contributed by atoms with van der Waals surface area (Å²) in [5, 5.41) is 0. The van der Waals surface area contributed by atoms with Crippen molar-refractivity contribution in [2.24, 2.45) is 0 Å². The normalized spacial score (nSPS) is 11.3. The molecular formula is C15H22O7S. The zero-order valence-electron chi connectivity index (χ0n) is 13.1. The lowest BCUT2D eigenvalue weighted by atomic mass is 10.4. The number of hydrogen-bond donors (Lipinski definition) is 0. The van der Waals surface area contributed by atoms with E-state index in [1.807, 2.05) is 0 Å². The van der Waals surface area contributed by atoms with E-state index < -0.39 is 10.1 Å². The first-order chi connectivity index (χ1) is 11.1. The van der Waals surface area contributed by atoms with Crippen LogP contribution in [0.3, 0.4) is 0 Å². The van der Waals surface area contributed by atoms with Gasteiger partial charge in [0, 0.05) is 0 Å². The highest BCUT2D eigenvalue weighted by Crippen LogP contribution is 2.10. The van der Waals surface area contributed by atoms with E-state index in [4.69, 9.17) is 18.4 Å². The summed E-state index contributed by atoms with van der Waals surface area (Å²) < 4.78 is 43.5. The Bertz CT molecular complexity index is 542. The second-order valence-electron chi connectivity index (χ2n) is 4.37. The molecule has 0 N–H and O–H groups in total. The van der Waals surface area contributed by atoms with E-state index in [0.29, 0.717) is 13.2 Å². The molecule has 0 saturated heterocycles. The van der Waals surface area contributed by atoms with E-state index >= 15 is 0 Å². The quantitative estimate of drug-likeness (QED) is 0.321. The van der Waals surface area contributed by atoms with Gasteiger partial charge in [0.25, 0.3) is 10.1 Å². The van der Waals surface area contributed by atoms with E-state index in [9.17, 15) is 13.2 Å². The van der Waals surface area contributed by atoms with Crippen molar-refractivity contribution in [2.75, 3.05) is 39.6 Å². The molecule has 0 radical (unpaired) electrons. The third-order valence-electron chi connectivity index (χ3n) is 2.63. The fourth-order valence-electron chi connectivity index (χ4n) is 1.57. The van der Waals surface area contributed by atoms with Gasteiger partial charge in [-0.25, -0.2) is 0 Å². The Balaban J connectivity index is 2.03. The Hall–Kier alpha value is -1.48. The topological polar surface area (TPSA) is 88.1 Å². The summed E-state index contributed by atoms with van der Waals surface area (Å²) in [6.07, 6.45) is 0.201. The Morgan fingerprint density at radius 3 is 2.22 bits per heavy atom. The number of ether oxygens (including phenoxy) is 3. The molecule has 0 amide bonds. The van der Waals surface area contributed by atoms with Gasteiger partial charge in [-0.15, -0.1) is 0 Å². The van der Waals surface area contributed by atoms with Crippen molar-refractivity contribution in [3.05, 3.63) is 30.3 Å². The molecule has 0 fully saturated rings. The van der Waals surface area contributed by atoms with Crippen molar-refractivity contribution >= 4 is 16.1 Å². The monoisotopic (exact) mass is 346 g/mol. The molecule has 1 rings (SSSR count). The van der Waals surface area contributed by atoms with Gasteiger partial charge >= 0.3 is 5.97 Å². The van der Waals surface area contributed by atoms with Crippen LogP contribution in [0.5, 0.6) is 0 Å². The minimum absolute atomic E-state index is 0.0694. The van der Waals surface area contributed by atoms with Crippen molar-refractivity contribution in [1.82, 2.24) is 0 Å². The number of benzene rings is 1. The average Bonchev–Trinajstić information content (AvgIpc) is 2.54. The minimum Gasteiger partial charge on any atom is -0.466 e. The van der Waals surface area contributed by atoms with Gasteiger partial charge in [-0.05, 0) is 19.1 Å². The molecule has 0 heterocycles. The summed E-state index contributed by atoms with van der Waals surface area (Å²) in [5.74, 6) is -0.298. The van der Waals surface area contributed by atoms with Crippen LogP contribution in [-0.4, -0.2) is 54.0 Å². The van der Waals surface area contributed by atoms with Crippen LogP contribution in [0.1, 0.15) is 13.3 Å². The number of carbonyl (C=O) groups excluding carboxylic acids is 1. The fraction of sp³-hybridized carbons (Fsp3) is 0.533. The van der Waals surface area contributed by atoms with Crippen LogP contribution in [0.25, 0.3) is 0 Å². The van der Waals surface area contributed by atoms with Gasteiger partial charge in [-0.1, -0.05) is 18.2 Å². The van der Waals surface area contributed by atoms with Gasteiger partial charge in [-0.3, -0.25) is 8.98 Å². The van der Waals surface area contributed by atoms with Gasteiger partial charge < -0.3 is 14.2 Å². The summed E-state index contributed by atoms with van der Waals surface area (Å²) in [4.78, 5) is 11.1. The first-order valence-corrected chi connectivity index (χ1v) is 8.72. The molecule has 23 heavy (non-hydrogen) atoms. The van der Waals surface area contributed by atoms with E-state index in [0.717, 1.165) is 0 Å². The molecule has 1 aromatic rings. The van der Waals surface area contributed by atoms with Crippen molar-refractivity contribution in [1.29, 1.82) is 0 Å². The maximum Gasteiger partial charge on any atom is 0.308 e. The summed E-state index contributed by atoms with van der Waals surface area (Å²) in [6.45, 7) is 3.03. The lowest BCUT2D eigenvalue weighted by Crippen LogP contribution is -2.14. The van der Waals surface area contributed by atoms with Crippen molar-refractivity contribution in [3.63, 3.8) is 0 Å². The molecule has 0 aliphatic rings. The van der Waals surface area contributed by atoms with Crippen LogP contribution in [0.15, 0.2) is 35.2 Å². The zero-order valence-corrected chi connectivity index (χ0v) is 13.9.